The van der Waals surface area contributed by atoms with Gasteiger partial charge in [0, 0.05) is 11.2 Å². The van der Waals surface area contributed by atoms with Crippen molar-refractivity contribution < 1.29 is 33.2 Å². The van der Waals surface area contributed by atoms with Crippen LogP contribution in [0.2, 0.25) is 16.6 Å². The summed E-state index contributed by atoms with van der Waals surface area (Å²) >= 11 is 3.59. The van der Waals surface area contributed by atoms with Crippen molar-refractivity contribution in [3.63, 3.8) is 0 Å². The van der Waals surface area contributed by atoms with Crippen molar-refractivity contribution >= 4 is 24.2 Å². The zero-order chi connectivity index (χ0) is 30.2. The van der Waals surface area contributed by atoms with Crippen molar-refractivity contribution in [1.29, 1.82) is 0 Å². The van der Waals surface area contributed by atoms with E-state index in [0.717, 1.165) is 22.6 Å². The van der Waals surface area contributed by atoms with E-state index in [-0.39, 0.29) is 5.92 Å². The fourth-order valence-electron chi connectivity index (χ4n) is 6.25. The molecule has 2 aromatic carbocycles. The Balaban J connectivity index is 1.89. The average molecular weight is 654 g/mol. The third-order valence-electron chi connectivity index (χ3n) is 8.38. The normalized spacial score (nSPS) is 23.4. The molecule has 0 aliphatic carbocycles. The second-order valence-electron chi connectivity index (χ2n) is 11.8. The van der Waals surface area contributed by atoms with E-state index in [2.05, 4.69) is 57.5 Å². The maximum atomic E-state index is 11.1. The minimum absolute atomic E-state index is 0.326. The highest BCUT2D eigenvalue weighted by Crippen LogP contribution is 2.43. The standard InChI is InChI=1S/C32H49BrO7Si/c1-21(2)41(22(3)4,23(5)6)39-20-29-31(38-19-25-11-15-27(36-8)16-12-25)30(28(17-33)32(34)40-29)37-18-24-9-13-26(35-7)14-10-24/h9-16,21-23,28-32,34H,17-20H2,1-8H3/t28-,29-,30-,31-,32?/m1/s1. The molecule has 7 nitrogen and oxygen atoms in total. The van der Waals surface area contributed by atoms with Crippen LogP contribution in [0.5, 0.6) is 11.5 Å². The van der Waals surface area contributed by atoms with Crippen molar-refractivity contribution in [2.45, 2.75) is 96.0 Å². The number of methoxy groups -OCH3 is 2. The maximum Gasteiger partial charge on any atom is 0.200 e. The highest BCUT2D eigenvalue weighted by atomic mass is 79.9. The molecule has 0 radical (unpaired) electrons. The van der Waals surface area contributed by atoms with E-state index < -0.39 is 32.9 Å². The molecular weight excluding hydrogens is 604 g/mol. The van der Waals surface area contributed by atoms with E-state index in [1.807, 2.05) is 48.5 Å². The molecule has 230 valence electrons. The molecule has 1 aliphatic rings. The summed E-state index contributed by atoms with van der Waals surface area (Å²) in [6, 6.07) is 15.6. The Morgan fingerprint density at radius 3 is 1.59 bits per heavy atom. The molecule has 1 aliphatic heterocycles. The first-order valence-electron chi connectivity index (χ1n) is 14.6. The Morgan fingerprint density at radius 1 is 0.756 bits per heavy atom. The SMILES string of the molecule is COc1ccc(CO[C@H]2[C@H](OCc3ccc(OC)cc3)[C@@H](CBr)C(O)O[C@@H]2CO[Si](C(C)C)(C(C)C)C(C)C)cc1. The third-order valence-corrected chi connectivity index (χ3v) is 15.2. The van der Waals surface area contributed by atoms with Crippen LogP contribution in [-0.2, 0) is 31.9 Å². The molecule has 1 heterocycles. The van der Waals surface area contributed by atoms with Gasteiger partial charge in [-0.15, -0.1) is 0 Å². The molecule has 1 N–H and O–H groups in total. The van der Waals surface area contributed by atoms with Gasteiger partial charge in [0.05, 0.1) is 40.1 Å². The van der Waals surface area contributed by atoms with Crippen LogP contribution in [0.25, 0.3) is 0 Å². The number of halogens is 1. The number of ether oxygens (including phenoxy) is 5. The lowest BCUT2D eigenvalue weighted by Gasteiger charge is -2.47. The predicted molar refractivity (Wildman–Crippen MR) is 168 cm³/mol. The van der Waals surface area contributed by atoms with Crippen molar-refractivity contribution in [2.75, 3.05) is 26.2 Å². The first-order valence-corrected chi connectivity index (χ1v) is 17.9. The molecule has 41 heavy (non-hydrogen) atoms. The van der Waals surface area contributed by atoms with Gasteiger partial charge in [-0.05, 0) is 52.0 Å². The lowest BCUT2D eigenvalue weighted by molar-refractivity contribution is -0.285. The van der Waals surface area contributed by atoms with Crippen LogP contribution in [0.1, 0.15) is 52.7 Å². The first-order chi connectivity index (χ1) is 19.6. The van der Waals surface area contributed by atoms with Gasteiger partial charge in [0.1, 0.15) is 23.7 Å². The van der Waals surface area contributed by atoms with Crippen LogP contribution >= 0.6 is 15.9 Å². The largest absolute Gasteiger partial charge is 0.497 e. The van der Waals surface area contributed by atoms with Gasteiger partial charge in [-0.3, -0.25) is 0 Å². The summed E-state index contributed by atoms with van der Waals surface area (Å²) in [7, 11) is 1.12. The van der Waals surface area contributed by atoms with Gasteiger partial charge < -0.3 is 33.2 Å². The molecule has 9 heteroatoms. The quantitative estimate of drug-likeness (QED) is 0.163. The van der Waals surface area contributed by atoms with Gasteiger partial charge in [0.25, 0.3) is 0 Å². The van der Waals surface area contributed by atoms with E-state index >= 15 is 0 Å². The molecule has 0 bridgehead atoms. The first kappa shape index (κ1) is 34.0. The fraction of sp³-hybridized carbons (Fsp3) is 0.625. The van der Waals surface area contributed by atoms with Crippen LogP contribution in [0.15, 0.2) is 48.5 Å². The predicted octanol–water partition coefficient (Wildman–Crippen LogP) is 7.09. The number of benzene rings is 2. The van der Waals surface area contributed by atoms with E-state index in [1.54, 1.807) is 14.2 Å². The highest BCUT2D eigenvalue weighted by molar-refractivity contribution is 9.09. The molecule has 5 atom stereocenters. The summed E-state index contributed by atoms with van der Waals surface area (Å²) in [5.74, 6) is 1.26. The van der Waals surface area contributed by atoms with Gasteiger partial charge in [0.15, 0.2) is 14.6 Å². The summed E-state index contributed by atoms with van der Waals surface area (Å²) in [4.78, 5) is 0. The second kappa shape index (κ2) is 15.8. The Kier molecular flexibility index (Phi) is 13.2. The molecule has 0 aromatic heterocycles. The smallest absolute Gasteiger partial charge is 0.200 e. The molecule has 2 aromatic rings. The Labute approximate surface area is 256 Å². The van der Waals surface area contributed by atoms with Crippen molar-refractivity contribution in [3.05, 3.63) is 59.7 Å². The summed E-state index contributed by atoms with van der Waals surface area (Å²) in [5.41, 5.74) is 3.29. The van der Waals surface area contributed by atoms with E-state index in [9.17, 15) is 5.11 Å². The Hall–Kier alpha value is -1.46. The van der Waals surface area contributed by atoms with Crippen molar-refractivity contribution in [3.8, 4) is 11.5 Å². The third kappa shape index (κ3) is 8.34. The maximum absolute atomic E-state index is 11.1. The average Bonchev–Trinajstić information content (AvgIpc) is 2.95. The lowest BCUT2D eigenvalue weighted by atomic mass is 9.92. The van der Waals surface area contributed by atoms with E-state index in [0.29, 0.717) is 41.8 Å². The van der Waals surface area contributed by atoms with Crippen LogP contribution in [-0.4, -0.2) is 64.2 Å². The van der Waals surface area contributed by atoms with E-state index in [1.165, 1.54) is 0 Å². The summed E-state index contributed by atoms with van der Waals surface area (Å²) in [6.45, 7) is 14.7. The van der Waals surface area contributed by atoms with Gasteiger partial charge >= 0.3 is 0 Å². The van der Waals surface area contributed by atoms with Crippen LogP contribution < -0.4 is 9.47 Å². The van der Waals surface area contributed by atoms with Gasteiger partial charge in [0.2, 0.25) is 0 Å². The molecular formula is C32H49BrO7Si. The van der Waals surface area contributed by atoms with Gasteiger partial charge in [-0.25, -0.2) is 0 Å². The van der Waals surface area contributed by atoms with Crippen LogP contribution in [0.4, 0.5) is 0 Å². The Morgan fingerprint density at radius 2 is 1.20 bits per heavy atom. The number of hydrogen-bond donors (Lipinski definition) is 1. The molecule has 0 saturated carbocycles. The van der Waals surface area contributed by atoms with Crippen molar-refractivity contribution in [2.24, 2.45) is 5.92 Å². The second-order valence-corrected chi connectivity index (χ2v) is 17.9. The van der Waals surface area contributed by atoms with Crippen LogP contribution in [0.3, 0.4) is 0 Å². The minimum Gasteiger partial charge on any atom is -0.497 e. The monoisotopic (exact) mass is 652 g/mol. The zero-order valence-electron chi connectivity index (χ0n) is 25.8. The lowest BCUT2D eigenvalue weighted by Crippen LogP contribution is -2.59. The summed E-state index contributed by atoms with van der Waals surface area (Å²) in [6.07, 6.45) is -2.40. The number of hydrogen-bond acceptors (Lipinski definition) is 7. The fourth-order valence-corrected chi connectivity index (χ4v) is 12.4. The Bertz CT molecular complexity index is 1010. The molecule has 3 rings (SSSR count). The zero-order valence-corrected chi connectivity index (χ0v) is 28.4. The number of aliphatic hydroxyl groups is 1. The molecule has 0 amide bonds. The van der Waals surface area contributed by atoms with Gasteiger partial charge in [-0.1, -0.05) is 81.7 Å². The number of rotatable bonds is 15. The number of alkyl halides is 1. The molecule has 0 spiro atoms. The summed E-state index contributed by atoms with van der Waals surface area (Å²) < 4.78 is 37.0. The molecule has 1 unspecified atom stereocenters. The van der Waals surface area contributed by atoms with E-state index in [4.69, 9.17) is 28.1 Å². The van der Waals surface area contributed by atoms with Crippen molar-refractivity contribution in [1.82, 2.24) is 0 Å². The molecule has 1 fully saturated rings. The molecule has 1 saturated heterocycles. The minimum atomic E-state index is -2.18. The highest BCUT2D eigenvalue weighted by Gasteiger charge is 2.50. The van der Waals surface area contributed by atoms with Crippen LogP contribution in [0, 0.1) is 5.92 Å². The summed E-state index contributed by atoms with van der Waals surface area (Å²) in [5, 5.41) is 11.6. The van der Waals surface area contributed by atoms with Gasteiger partial charge in [-0.2, -0.15) is 0 Å². The topological polar surface area (TPSA) is 75.6 Å². The number of aliphatic hydroxyl groups excluding tert-OH is 1.